The molecule has 23 heavy (non-hydrogen) atoms. The van der Waals surface area contributed by atoms with E-state index in [-0.39, 0.29) is 11.9 Å². The van der Waals surface area contributed by atoms with Gasteiger partial charge < -0.3 is 14.8 Å². The van der Waals surface area contributed by atoms with Crippen LogP contribution in [0.4, 0.5) is 0 Å². The van der Waals surface area contributed by atoms with Gasteiger partial charge in [0.1, 0.15) is 16.7 Å². The van der Waals surface area contributed by atoms with Crippen LogP contribution in [0.25, 0.3) is 10.1 Å². The van der Waals surface area contributed by atoms with Crippen LogP contribution in [0.15, 0.2) is 47.1 Å². The number of amides is 1. The molecule has 0 spiro atoms. The van der Waals surface area contributed by atoms with E-state index in [4.69, 9.17) is 16.0 Å². The number of thiophene rings is 1. The van der Waals surface area contributed by atoms with E-state index in [0.717, 1.165) is 10.1 Å². The number of halogens is 1. The van der Waals surface area contributed by atoms with E-state index in [2.05, 4.69) is 5.32 Å². The molecule has 4 nitrogen and oxygen atoms in total. The number of aliphatic hydroxyl groups excluding tert-OH is 1. The number of hydrogen-bond donors (Lipinski definition) is 2. The fourth-order valence-electron chi connectivity index (χ4n) is 2.44. The molecule has 1 aromatic carbocycles. The first-order chi connectivity index (χ1) is 11.1. The normalized spacial score (nSPS) is 13.9. The summed E-state index contributed by atoms with van der Waals surface area (Å²) < 4.78 is 6.14. The number of carbonyl (C=O) groups is 1. The Morgan fingerprint density at radius 1 is 1.35 bits per heavy atom. The van der Waals surface area contributed by atoms with E-state index in [9.17, 15) is 9.90 Å². The van der Waals surface area contributed by atoms with Crippen molar-refractivity contribution in [3.8, 4) is 0 Å². The van der Waals surface area contributed by atoms with Crippen molar-refractivity contribution in [1.29, 1.82) is 0 Å². The van der Waals surface area contributed by atoms with Crippen molar-refractivity contribution < 1.29 is 14.3 Å². The molecule has 0 aliphatic carbocycles. The van der Waals surface area contributed by atoms with Crippen LogP contribution in [0.5, 0.6) is 0 Å². The smallest absolute Gasteiger partial charge is 0.263 e. The van der Waals surface area contributed by atoms with Gasteiger partial charge in [-0.15, -0.1) is 11.3 Å². The lowest BCUT2D eigenvalue weighted by atomic mass is 10.1. The number of nitrogens with one attached hydrogen (secondary N) is 1. The van der Waals surface area contributed by atoms with Crippen molar-refractivity contribution >= 4 is 38.9 Å². The van der Waals surface area contributed by atoms with Gasteiger partial charge in [0, 0.05) is 22.5 Å². The zero-order chi connectivity index (χ0) is 16.4. The molecule has 1 amide bonds. The predicted molar refractivity (Wildman–Crippen MR) is 92.0 cm³/mol. The van der Waals surface area contributed by atoms with Crippen LogP contribution in [-0.2, 0) is 0 Å². The molecular weight excluding hydrogens is 334 g/mol. The Morgan fingerprint density at radius 3 is 2.83 bits per heavy atom. The van der Waals surface area contributed by atoms with Gasteiger partial charge in [0.15, 0.2) is 0 Å². The number of hydrogen-bond acceptors (Lipinski definition) is 4. The summed E-state index contributed by atoms with van der Waals surface area (Å²) >= 11 is 7.67. The lowest BCUT2D eigenvalue weighted by molar-refractivity contribution is 0.0907. The summed E-state index contributed by atoms with van der Waals surface area (Å²) in [5.74, 6) is 0.265. The average molecular weight is 350 g/mol. The molecule has 0 radical (unpaired) electrons. The van der Waals surface area contributed by atoms with Gasteiger partial charge in [-0.1, -0.05) is 29.8 Å². The molecule has 2 aromatic heterocycles. The van der Waals surface area contributed by atoms with Gasteiger partial charge in [0.2, 0.25) is 0 Å². The molecule has 6 heteroatoms. The number of aliphatic hydroxyl groups is 1. The molecule has 3 aromatic rings. The van der Waals surface area contributed by atoms with Crippen molar-refractivity contribution in [3.63, 3.8) is 0 Å². The van der Waals surface area contributed by atoms with Crippen LogP contribution in [0.2, 0.25) is 5.02 Å². The third kappa shape index (κ3) is 3.42. The maximum atomic E-state index is 12.4. The van der Waals surface area contributed by atoms with E-state index < -0.39 is 6.10 Å². The molecular formula is C17H16ClNO3S. The zero-order valence-electron chi connectivity index (χ0n) is 12.5. The summed E-state index contributed by atoms with van der Waals surface area (Å²) in [5.41, 5.74) is 0. The minimum atomic E-state index is -0.752. The second-order valence-corrected chi connectivity index (χ2v) is 6.81. The molecule has 0 saturated heterocycles. The average Bonchev–Trinajstić information content (AvgIpc) is 3.16. The van der Waals surface area contributed by atoms with Gasteiger partial charge in [-0.2, -0.15) is 0 Å². The second-order valence-electron chi connectivity index (χ2n) is 5.38. The highest BCUT2D eigenvalue weighted by atomic mass is 35.5. The summed E-state index contributed by atoms with van der Waals surface area (Å²) in [6.07, 6.45) is 1.12. The molecule has 3 rings (SSSR count). The first-order valence-electron chi connectivity index (χ1n) is 7.25. The van der Waals surface area contributed by atoms with E-state index in [1.807, 2.05) is 31.2 Å². The zero-order valence-corrected chi connectivity index (χ0v) is 14.0. The summed E-state index contributed by atoms with van der Waals surface area (Å²) in [6.45, 7) is 1.84. The van der Waals surface area contributed by atoms with Gasteiger partial charge >= 0.3 is 0 Å². The Bertz CT molecular complexity index is 812. The Hall–Kier alpha value is -1.82. The second kappa shape index (κ2) is 6.74. The Kier molecular flexibility index (Phi) is 4.71. The number of carbonyl (C=O) groups excluding carboxylic acids is 1. The van der Waals surface area contributed by atoms with Crippen LogP contribution in [0, 0.1) is 0 Å². The minimum Gasteiger partial charge on any atom is -0.467 e. The number of rotatable bonds is 5. The largest absolute Gasteiger partial charge is 0.467 e. The first-order valence-corrected chi connectivity index (χ1v) is 8.45. The van der Waals surface area contributed by atoms with Gasteiger partial charge in [0.05, 0.1) is 11.3 Å². The van der Waals surface area contributed by atoms with E-state index in [0.29, 0.717) is 22.1 Å². The third-order valence-corrected chi connectivity index (χ3v) is 5.24. The molecule has 0 saturated carbocycles. The molecule has 2 N–H and O–H groups in total. The van der Waals surface area contributed by atoms with Crippen molar-refractivity contribution in [1.82, 2.24) is 5.32 Å². The highest BCUT2D eigenvalue weighted by Gasteiger charge is 2.20. The molecule has 0 aliphatic heterocycles. The summed E-state index contributed by atoms with van der Waals surface area (Å²) in [4.78, 5) is 12.9. The van der Waals surface area contributed by atoms with E-state index >= 15 is 0 Å². The summed E-state index contributed by atoms with van der Waals surface area (Å²) in [7, 11) is 0. The van der Waals surface area contributed by atoms with E-state index in [1.165, 1.54) is 17.6 Å². The molecule has 2 atom stereocenters. The number of furan rings is 1. The first kappa shape index (κ1) is 16.1. The van der Waals surface area contributed by atoms with Gasteiger partial charge in [-0.25, -0.2) is 0 Å². The Balaban J connectivity index is 1.69. The van der Waals surface area contributed by atoms with Crippen LogP contribution < -0.4 is 5.32 Å². The highest BCUT2D eigenvalue weighted by Crippen LogP contribution is 2.35. The predicted octanol–water partition coefficient (Wildman–Crippen LogP) is 4.39. The standard InChI is InChI=1S/C17H16ClNO3S/c1-10(9-12(20)13-6-4-8-22-13)19-17(21)16-15(18)11-5-2-3-7-14(11)23-16/h2-8,10,12,20H,9H2,1H3,(H,19,21). The number of fused-ring (bicyclic) bond motifs is 1. The van der Waals surface area contributed by atoms with Crippen molar-refractivity contribution in [2.24, 2.45) is 0 Å². The maximum Gasteiger partial charge on any atom is 0.263 e. The maximum absolute atomic E-state index is 12.4. The Morgan fingerprint density at radius 2 is 2.13 bits per heavy atom. The monoisotopic (exact) mass is 349 g/mol. The van der Waals surface area contributed by atoms with Crippen LogP contribution >= 0.6 is 22.9 Å². The molecule has 2 unspecified atom stereocenters. The van der Waals surface area contributed by atoms with Crippen LogP contribution in [0.1, 0.15) is 34.9 Å². The van der Waals surface area contributed by atoms with Crippen LogP contribution in [0.3, 0.4) is 0 Å². The van der Waals surface area contributed by atoms with Crippen LogP contribution in [-0.4, -0.2) is 17.1 Å². The molecule has 0 bridgehead atoms. The third-order valence-electron chi connectivity index (χ3n) is 3.57. The minimum absolute atomic E-state index is 0.219. The molecule has 120 valence electrons. The lowest BCUT2D eigenvalue weighted by Crippen LogP contribution is -2.33. The van der Waals surface area contributed by atoms with E-state index in [1.54, 1.807) is 12.1 Å². The van der Waals surface area contributed by atoms with Gasteiger partial charge in [0.25, 0.3) is 5.91 Å². The topological polar surface area (TPSA) is 62.5 Å². The number of benzene rings is 1. The fourth-order valence-corrected chi connectivity index (χ4v) is 3.86. The summed E-state index contributed by atoms with van der Waals surface area (Å²) in [6, 6.07) is 10.9. The lowest BCUT2D eigenvalue weighted by Gasteiger charge is -2.16. The Labute approximate surface area is 142 Å². The van der Waals surface area contributed by atoms with Gasteiger partial charge in [-0.05, 0) is 25.1 Å². The van der Waals surface area contributed by atoms with Crippen molar-refractivity contribution in [2.75, 3.05) is 0 Å². The molecule has 0 aliphatic rings. The highest BCUT2D eigenvalue weighted by molar-refractivity contribution is 7.21. The SMILES string of the molecule is CC(CC(O)c1ccco1)NC(=O)c1sc2ccccc2c1Cl. The molecule has 2 heterocycles. The van der Waals surface area contributed by atoms with Crippen molar-refractivity contribution in [3.05, 3.63) is 58.3 Å². The molecule has 0 fully saturated rings. The fraction of sp³-hybridized carbons (Fsp3) is 0.235. The quantitative estimate of drug-likeness (QED) is 0.718. The summed E-state index contributed by atoms with van der Waals surface area (Å²) in [5, 5.41) is 14.3. The van der Waals surface area contributed by atoms with Gasteiger partial charge in [-0.3, -0.25) is 4.79 Å². The van der Waals surface area contributed by atoms with Crippen molar-refractivity contribution in [2.45, 2.75) is 25.5 Å².